The molecule has 1 aliphatic rings. The highest BCUT2D eigenvalue weighted by molar-refractivity contribution is 7.73. The molecular weight excluding hydrogens is 328 g/mol. The Morgan fingerprint density at radius 1 is 1.26 bits per heavy atom. The van der Waals surface area contributed by atoms with Crippen LogP contribution in [0.5, 0.6) is 5.88 Å². The molecule has 4 nitrogen and oxygen atoms in total. The Balaban J connectivity index is 1.73. The normalized spacial score (nSPS) is 14.5. The van der Waals surface area contributed by atoms with Crippen LogP contribution in [0.2, 0.25) is 0 Å². The van der Waals surface area contributed by atoms with E-state index in [-0.39, 0.29) is 5.88 Å². The van der Waals surface area contributed by atoms with Crippen molar-refractivity contribution >= 4 is 47.1 Å². The van der Waals surface area contributed by atoms with Crippen LogP contribution in [-0.4, -0.2) is 15.9 Å². The van der Waals surface area contributed by atoms with E-state index in [1.807, 2.05) is 48.7 Å². The number of benzene rings is 1. The van der Waals surface area contributed by atoms with E-state index in [9.17, 15) is 5.11 Å². The van der Waals surface area contributed by atoms with Crippen molar-refractivity contribution in [1.29, 1.82) is 0 Å². The molecule has 0 radical (unpaired) electrons. The fraction of sp³-hybridized carbons (Fsp3) is 0.0588. The fourth-order valence-electron chi connectivity index (χ4n) is 2.50. The van der Waals surface area contributed by atoms with Crippen molar-refractivity contribution in [2.45, 2.75) is 6.54 Å². The Morgan fingerprint density at radius 3 is 2.96 bits per heavy atom. The minimum Gasteiger partial charge on any atom is -0.493 e. The van der Waals surface area contributed by atoms with Crippen LogP contribution in [-0.2, 0) is 6.54 Å². The maximum atomic E-state index is 10.5. The van der Waals surface area contributed by atoms with E-state index in [0.29, 0.717) is 10.5 Å². The average Bonchev–Trinajstić information content (AvgIpc) is 3.26. The standard InChI is InChI=1S/C17H12N2O2S2/c20-16-15(8-11-9-18-14-6-2-1-5-13(11)14)23-17(22)19(16)10-12-4-3-7-21-12/h1-9,20H,10H2/b11-8-. The third-order valence-corrected chi connectivity index (χ3v) is 5.02. The van der Waals surface area contributed by atoms with Gasteiger partial charge in [0.15, 0.2) is 3.95 Å². The van der Waals surface area contributed by atoms with Crippen molar-refractivity contribution in [1.82, 2.24) is 4.57 Å². The molecule has 2 aromatic heterocycles. The molecule has 0 saturated carbocycles. The van der Waals surface area contributed by atoms with Gasteiger partial charge in [0, 0.05) is 17.4 Å². The first-order chi connectivity index (χ1) is 11.2. The zero-order chi connectivity index (χ0) is 15.8. The van der Waals surface area contributed by atoms with Crippen molar-refractivity contribution in [3.63, 3.8) is 0 Å². The molecule has 0 amide bonds. The van der Waals surface area contributed by atoms with E-state index >= 15 is 0 Å². The van der Waals surface area contributed by atoms with Crippen molar-refractivity contribution in [2.75, 3.05) is 0 Å². The molecule has 0 fully saturated rings. The van der Waals surface area contributed by atoms with Crippen molar-refractivity contribution in [3.8, 4) is 5.88 Å². The molecule has 1 aliphatic heterocycles. The number of aromatic hydroxyl groups is 1. The van der Waals surface area contributed by atoms with Gasteiger partial charge in [0.2, 0.25) is 5.88 Å². The monoisotopic (exact) mass is 340 g/mol. The predicted molar refractivity (Wildman–Crippen MR) is 95.1 cm³/mol. The number of rotatable bonds is 3. The third-order valence-electron chi connectivity index (χ3n) is 3.63. The van der Waals surface area contributed by atoms with Crippen LogP contribution in [0.15, 0.2) is 52.1 Å². The summed E-state index contributed by atoms with van der Waals surface area (Å²) in [5.74, 6) is 0.905. The van der Waals surface area contributed by atoms with Gasteiger partial charge in [0.25, 0.3) is 0 Å². The number of aromatic nitrogens is 1. The summed E-state index contributed by atoms with van der Waals surface area (Å²) >= 11 is 6.74. The lowest BCUT2D eigenvalue weighted by Gasteiger charge is -2.02. The Labute approximate surface area is 141 Å². The molecule has 1 aromatic carbocycles. The summed E-state index contributed by atoms with van der Waals surface area (Å²) in [5, 5.41) is 10.5. The van der Waals surface area contributed by atoms with Crippen molar-refractivity contribution in [2.24, 2.45) is 4.99 Å². The summed E-state index contributed by atoms with van der Waals surface area (Å²) in [4.78, 5) is 5.10. The average molecular weight is 340 g/mol. The predicted octanol–water partition coefficient (Wildman–Crippen LogP) is 4.88. The summed E-state index contributed by atoms with van der Waals surface area (Å²) in [7, 11) is 0. The number of hydrogen-bond acceptors (Lipinski definition) is 5. The van der Waals surface area contributed by atoms with Gasteiger partial charge in [-0.15, -0.1) is 11.3 Å². The number of allylic oxidation sites excluding steroid dienone is 1. The number of aliphatic imine (C=N–C) groups is 1. The highest BCUT2D eigenvalue weighted by atomic mass is 32.1. The number of para-hydroxylation sites is 1. The second-order valence-corrected chi connectivity index (χ2v) is 6.77. The molecule has 1 N–H and O–H groups in total. The fourth-order valence-corrected chi connectivity index (χ4v) is 3.76. The van der Waals surface area contributed by atoms with Crippen LogP contribution < -0.4 is 0 Å². The number of fused-ring (bicyclic) bond motifs is 1. The number of hydrogen-bond donors (Lipinski definition) is 1. The number of furan rings is 1. The Hall–Kier alpha value is -2.44. The molecule has 0 spiro atoms. The van der Waals surface area contributed by atoms with Gasteiger partial charge in [-0.1, -0.05) is 18.2 Å². The molecule has 0 aliphatic carbocycles. The molecule has 0 atom stereocenters. The molecule has 0 saturated heterocycles. The minimum atomic E-state index is 0.154. The van der Waals surface area contributed by atoms with Gasteiger partial charge in [-0.2, -0.15) is 0 Å². The lowest BCUT2D eigenvalue weighted by Crippen LogP contribution is -1.97. The molecular formula is C17H12N2O2S2. The van der Waals surface area contributed by atoms with Gasteiger partial charge in [-0.05, 0) is 36.5 Å². The molecule has 114 valence electrons. The first-order valence-electron chi connectivity index (χ1n) is 7.02. The summed E-state index contributed by atoms with van der Waals surface area (Å²) in [6.45, 7) is 0.419. The van der Waals surface area contributed by atoms with E-state index in [1.54, 1.807) is 10.8 Å². The lowest BCUT2D eigenvalue weighted by atomic mass is 10.1. The van der Waals surface area contributed by atoms with Crippen LogP contribution in [0.25, 0.3) is 11.6 Å². The van der Waals surface area contributed by atoms with Gasteiger partial charge < -0.3 is 9.52 Å². The van der Waals surface area contributed by atoms with Crippen LogP contribution in [0, 0.1) is 3.95 Å². The lowest BCUT2D eigenvalue weighted by molar-refractivity contribution is 0.407. The van der Waals surface area contributed by atoms with Crippen molar-refractivity contribution < 1.29 is 9.52 Å². The first-order valence-corrected chi connectivity index (χ1v) is 8.25. The largest absolute Gasteiger partial charge is 0.493 e. The maximum Gasteiger partial charge on any atom is 0.211 e. The van der Waals surface area contributed by atoms with Crippen LogP contribution >= 0.6 is 23.6 Å². The maximum absolute atomic E-state index is 10.5. The number of nitrogens with zero attached hydrogens (tertiary/aromatic N) is 2. The molecule has 23 heavy (non-hydrogen) atoms. The minimum absolute atomic E-state index is 0.154. The van der Waals surface area contributed by atoms with E-state index < -0.39 is 0 Å². The quantitative estimate of drug-likeness (QED) is 0.691. The molecule has 4 rings (SSSR count). The first kappa shape index (κ1) is 14.2. The van der Waals surface area contributed by atoms with Crippen LogP contribution in [0.3, 0.4) is 0 Å². The van der Waals surface area contributed by atoms with Gasteiger partial charge in [0.05, 0.1) is 23.4 Å². The Morgan fingerprint density at radius 2 is 2.13 bits per heavy atom. The zero-order valence-electron chi connectivity index (χ0n) is 12.0. The SMILES string of the molecule is Oc1c(/C=C2/C=Nc3ccccc32)sc(=S)n1Cc1ccco1. The zero-order valence-corrected chi connectivity index (χ0v) is 13.6. The molecule has 0 bridgehead atoms. The van der Waals surface area contributed by atoms with Gasteiger partial charge >= 0.3 is 0 Å². The Bertz CT molecular complexity index is 978. The highest BCUT2D eigenvalue weighted by Gasteiger charge is 2.15. The second kappa shape index (κ2) is 5.64. The summed E-state index contributed by atoms with van der Waals surface area (Å²) in [5.41, 5.74) is 2.97. The second-order valence-electron chi connectivity index (χ2n) is 5.10. The summed E-state index contributed by atoms with van der Waals surface area (Å²) < 4.78 is 7.60. The molecule has 6 heteroatoms. The molecule has 3 heterocycles. The molecule has 0 unspecified atom stereocenters. The van der Waals surface area contributed by atoms with E-state index in [0.717, 1.165) is 27.5 Å². The van der Waals surface area contributed by atoms with Gasteiger partial charge in [-0.25, -0.2) is 0 Å². The molecule has 3 aromatic rings. The smallest absolute Gasteiger partial charge is 0.211 e. The van der Waals surface area contributed by atoms with Gasteiger partial charge in [0.1, 0.15) is 5.76 Å². The van der Waals surface area contributed by atoms with E-state index in [1.165, 1.54) is 11.3 Å². The van der Waals surface area contributed by atoms with Crippen LogP contribution in [0.1, 0.15) is 16.2 Å². The highest BCUT2D eigenvalue weighted by Crippen LogP contribution is 2.35. The van der Waals surface area contributed by atoms with Crippen molar-refractivity contribution in [3.05, 3.63) is 62.8 Å². The van der Waals surface area contributed by atoms with Crippen LogP contribution in [0.4, 0.5) is 5.69 Å². The summed E-state index contributed by atoms with van der Waals surface area (Å²) in [6.07, 6.45) is 5.34. The Kier molecular flexibility index (Phi) is 3.48. The topological polar surface area (TPSA) is 50.7 Å². The summed E-state index contributed by atoms with van der Waals surface area (Å²) in [6, 6.07) is 11.6. The third kappa shape index (κ3) is 2.56. The van der Waals surface area contributed by atoms with E-state index in [4.69, 9.17) is 16.6 Å². The van der Waals surface area contributed by atoms with Gasteiger partial charge in [-0.3, -0.25) is 9.56 Å². The van der Waals surface area contributed by atoms with E-state index in [2.05, 4.69) is 4.99 Å². The number of thiazole rings is 1.